The van der Waals surface area contributed by atoms with Crippen molar-refractivity contribution in [3.63, 3.8) is 0 Å². The van der Waals surface area contributed by atoms with Gasteiger partial charge in [-0.3, -0.25) is 9.69 Å². The van der Waals surface area contributed by atoms with Gasteiger partial charge in [0, 0.05) is 0 Å². The lowest BCUT2D eigenvalue weighted by molar-refractivity contribution is -0.145. The maximum absolute atomic E-state index is 12.7. The number of hydrogen-bond donors (Lipinski definition) is 1. The highest BCUT2D eigenvalue weighted by Gasteiger charge is 2.39. The molecule has 1 aliphatic rings. The number of carboxylic acids is 1. The lowest BCUT2D eigenvalue weighted by Gasteiger charge is -2.21. The molecule has 0 bridgehead atoms. The van der Waals surface area contributed by atoms with Crippen molar-refractivity contribution in [2.45, 2.75) is 32.9 Å². The van der Waals surface area contributed by atoms with Gasteiger partial charge < -0.3 is 9.84 Å². The molecule has 1 fully saturated rings. The summed E-state index contributed by atoms with van der Waals surface area (Å²) in [5.74, 6) is -0.747. The molecule has 1 aliphatic heterocycles. The smallest absolute Gasteiger partial charge is 0.326 e. The first-order chi connectivity index (χ1) is 13.9. The summed E-state index contributed by atoms with van der Waals surface area (Å²) in [5.41, 5.74) is 3.05. The number of thioether (sulfide) groups is 1. The molecule has 29 heavy (non-hydrogen) atoms. The van der Waals surface area contributed by atoms with Crippen LogP contribution in [0.1, 0.15) is 30.0 Å². The molecule has 1 atom stereocenters. The third kappa shape index (κ3) is 5.05. The number of aryl methyl sites for hydroxylation is 1. The molecule has 1 amide bonds. The zero-order valence-corrected chi connectivity index (χ0v) is 17.8. The molecular weight excluding hydrogens is 406 g/mol. The van der Waals surface area contributed by atoms with Crippen molar-refractivity contribution in [3.05, 3.63) is 70.1 Å². The standard InChI is InChI=1S/C22H21NO4S2/c1-3-18(21(25)26)23-20(24)19(29-22(23)28)12-16-5-4-6-17(11-16)27-13-15-9-7-14(2)8-10-15/h4-12,18H,3,13H2,1-2H3,(H,25,26)/b19-12-. The Morgan fingerprint density at radius 1 is 1.28 bits per heavy atom. The van der Waals surface area contributed by atoms with Gasteiger partial charge in [0.1, 0.15) is 22.7 Å². The van der Waals surface area contributed by atoms with Crippen molar-refractivity contribution in [2.75, 3.05) is 0 Å². The van der Waals surface area contributed by atoms with E-state index in [-0.39, 0.29) is 16.6 Å². The van der Waals surface area contributed by atoms with Crippen molar-refractivity contribution in [1.29, 1.82) is 0 Å². The molecule has 5 nitrogen and oxygen atoms in total. The van der Waals surface area contributed by atoms with Crippen LogP contribution in [0.15, 0.2) is 53.4 Å². The van der Waals surface area contributed by atoms with E-state index >= 15 is 0 Å². The SMILES string of the molecule is CCC(C(=O)O)N1C(=O)/C(=C/c2cccc(OCc3ccc(C)cc3)c2)SC1=S. The van der Waals surface area contributed by atoms with Gasteiger partial charge in [0.15, 0.2) is 0 Å². The monoisotopic (exact) mass is 427 g/mol. The highest BCUT2D eigenvalue weighted by atomic mass is 32.2. The van der Waals surface area contributed by atoms with Gasteiger partial charge in [-0.1, -0.05) is 72.9 Å². The maximum Gasteiger partial charge on any atom is 0.326 e. The molecule has 2 aromatic carbocycles. The van der Waals surface area contributed by atoms with Crippen LogP contribution in [-0.2, 0) is 16.2 Å². The Balaban J connectivity index is 1.74. The topological polar surface area (TPSA) is 66.8 Å². The van der Waals surface area contributed by atoms with Gasteiger partial charge in [0.05, 0.1) is 4.91 Å². The van der Waals surface area contributed by atoms with Crippen LogP contribution >= 0.6 is 24.0 Å². The number of carbonyl (C=O) groups excluding carboxylic acids is 1. The van der Waals surface area contributed by atoms with Gasteiger partial charge in [0.25, 0.3) is 5.91 Å². The molecule has 0 spiro atoms. The number of rotatable bonds is 7. The van der Waals surface area contributed by atoms with E-state index < -0.39 is 12.0 Å². The number of hydrogen-bond acceptors (Lipinski definition) is 5. The van der Waals surface area contributed by atoms with Crippen LogP contribution in [0.5, 0.6) is 5.75 Å². The van der Waals surface area contributed by atoms with Crippen LogP contribution in [0.25, 0.3) is 6.08 Å². The van der Waals surface area contributed by atoms with E-state index in [1.54, 1.807) is 13.0 Å². The summed E-state index contributed by atoms with van der Waals surface area (Å²) >= 11 is 6.36. The van der Waals surface area contributed by atoms with Gasteiger partial charge in [-0.15, -0.1) is 0 Å². The molecule has 1 saturated heterocycles. The fourth-order valence-corrected chi connectivity index (χ4v) is 4.27. The van der Waals surface area contributed by atoms with Crippen molar-refractivity contribution in [2.24, 2.45) is 0 Å². The molecular formula is C22H21NO4S2. The second-order valence-electron chi connectivity index (χ2n) is 6.66. The van der Waals surface area contributed by atoms with Crippen LogP contribution in [0.4, 0.5) is 0 Å². The van der Waals surface area contributed by atoms with E-state index in [1.807, 2.05) is 55.5 Å². The summed E-state index contributed by atoms with van der Waals surface area (Å²) in [6.07, 6.45) is 2.00. The Bertz CT molecular complexity index is 969. The summed E-state index contributed by atoms with van der Waals surface area (Å²) in [5, 5.41) is 9.35. The molecule has 7 heteroatoms. The first kappa shape index (κ1) is 21.1. The van der Waals surface area contributed by atoms with Crippen molar-refractivity contribution in [1.82, 2.24) is 4.90 Å². The van der Waals surface area contributed by atoms with Crippen LogP contribution < -0.4 is 4.74 Å². The molecule has 3 rings (SSSR count). The Morgan fingerprint density at radius 2 is 2.00 bits per heavy atom. The van der Waals surface area contributed by atoms with E-state index in [2.05, 4.69) is 0 Å². The quantitative estimate of drug-likeness (QED) is 0.513. The highest BCUT2D eigenvalue weighted by Crippen LogP contribution is 2.35. The lowest BCUT2D eigenvalue weighted by Crippen LogP contribution is -2.43. The van der Waals surface area contributed by atoms with E-state index in [9.17, 15) is 14.7 Å². The number of ether oxygens (including phenoxy) is 1. The first-order valence-electron chi connectivity index (χ1n) is 9.17. The Labute approximate surface area is 179 Å². The van der Waals surface area contributed by atoms with Crippen molar-refractivity contribution < 1.29 is 19.4 Å². The Kier molecular flexibility index (Phi) is 6.71. The summed E-state index contributed by atoms with van der Waals surface area (Å²) in [6.45, 7) is 4.20. The molecule has 0 aromatic heterocycles. The molecule has 1 unspecified atom stereocenters. The van der Waals surface area contributed by atoms with Crippen molar-refractivity contribution >= 4 is 46.3 Å². The highest BCUT2D eigenvalue weighted by molar-refractivity contribution is 8.26. The second-order valence-corrected chi connectivity index (χ2v) is 8.34. The zero-order chi connectivity index (χ0) is 21.0. The number of carbonyl (C=O) groups is 2. The number of nitrogens with zero attached hydrogens (tertiary/aromatic N) is 1. The third-order valence-corrected chi connectivity index (χ3v) is 5.82. The summed E-state index contributed by atoms with van der Waals surface area (Å²) in [6, 6.07) is 14.6. The fourth-order valence-electron chi connectivity index (χ4n) is 2.91. The molecule has 0 radical (unpaired) electrons. The van der Waals surface area contributed by atoms with Gasteiger partial charge >= 0.3 is 5.97 Å². The number of thiocarbonyl (C=S) groups is 1. The van der Waals surface area contributed by atoms with Crippen LogP contribution in [0.2, 0.25) is 0 Å². The Hall–Kier alpha value is -2.64. The summed E-state index contributed by atoms with van der Waals surface area (Å²) in [7, 11) is 0. The molecule has 0 aliphatic carbocycles. The zero-order valence-electron chi connectivity index (χ0n) is 16.1. The van der Waals surface area contributed by atoms with Gasteiger partial charge in [0.2, 0.25) is 0 Å². The average Bonchev–Trinajstić information content (AvgIpc) is 2.96. The fraction of sp³-hybridized carbons (Fsp3) is 0.227. The minimum absolute atomic E-state index is 0.266. The first-order valence-corrected chi connectivity index (χ1v) is 10.4. The van der Waals surface area contributed by atoms with E-state index in [0.29, 0.717) is 17.3 Å². The van der Waals surface area contributed by atoms with Gasteiger partial charge in [-0.05, 0) is 42.7 Å². The van der Waals surface area contributed by atoms with E-state index in [4.69, 9.17) is 17.0 Å². The number of aliphatic carboxylic acids is 1. The molecule has 150 valence electrons. The molecule has 1 N–H and O–H groups in total. The Morgan fingerprint density at radius 3 is 2.66 bits per heavy atom. The van der Waals surface area contributed by atoms with Crippen LogP contribution in [-0.4, -0.2) is 32.2 Å². The minimum Gasteiger partial charge on any atom is -0.489 e. The van der Waals surface area contributed by atoms with E-state index in [1.165, 1.54) is 10.5 Å². The van der Waals surface area contributed by atoms with Crippen molar-refractivity contribution in [3.8, 4) is 5.75 Å². The number of carboxylic acid groups (broad SMARTS) is 1. The normalized spacial score (nSPS) is 16.3. The number of amides is 1. The number of benzene rings is 2. The maximum atomic E-state index is 12.7. The molecule has 1 heterocycles. The lowest BCUT2D eigenvalue weighted by atomic mass is 10.1. The van der Waals surface area contributed by atoms with Gasteiger partial charge in [-0.25, -0.2) is 4.79 Å². The third-order valence-electron chi connectivity index (χ3n) is 4.49. The predicted octanol–water partition coefficient (Wildman–Crippen LogP) is 4.64. The predicted molar refractivity (Wildman–Crippen MR) is 119 cm³/mol. The summed E-state index contributed by atoms with van der Waals surface area (Å²) < 4.78 is 6.12. The average molecular weight is 428 g/mol. The second kappa shape index (κ2) is 9.24. The van der Waals surface area contributed by atoms with Crippen LogP contribution in [0, 0.1) is 6.92 Å². The summed E-state index contributed by atoms with van der Waals surface area (Å²) in [4.78, 5) is 25.7. The molecule has 0 saturated carbocycles. The van der Waals surface area contributed by atoms with Gasteiger partial charge in [-0.2, -0.15) is 0 Å². The van der Waals surface area contributed by atoms with Crippen LogP contribution in [0.3, 0.4) is 0 Å². The largest absolute Gasteiger partial charge is 0.489 e. The minimum atomic E-state index is -1.06. The molecule has 2 aromatic rings. The van der Waals surface area contributed by atoms with E-state index in [0.717, 1.165) is 22.9 Å².